The molecule has 0 bridgehead atoms. The minimum absolute atomic E-state index is 0.228. The Bertz CT molecular complexity index is 814. The van der Waals surface area contributed by atoms with Crippen molar-refractivity contribution in [1.82, 2.24) is 4.90 Å². The van der Waals surface area contributed by atoms with Gasteiger partial charge >= 0.3 is 6.18 Å². The maximum absolute atomic E-state index is 13.5. The second kappa shape index (κ2) is 6.38. The second-order valence-electron chi connectivity index (χ2n) is 7.56. The lowest BCUT2D eigenvalue weighted by Gasteiger charge is -2.32. The average Bonchev–Trinajstić information content (AvgIpc) is 2.90. The molecule has 138 valence electrons. The quantitative estimate of drug-likeness (QED) is 0.675. The summed E-state index contributed by atoms with van der Waals surface area (Å²) in [5, 5.41) is 0. The van der Waals surface area contributed by atoms with Gasteiger partial charge in [0, 0.05) is 18.5 Å². The maximum atomic E-state index is 13.5. The van der Waals surface area contributed by atoms with Gasteiger partial charge in [0.15, 0.2) is 0 Å². The van der Waals surface area contributed by atoms with E-state index in [1.165, 1.54) is 18.2 Å². The van der Waals surface area contributed by atoms with Gasteiger partial charge in [-0.2, -0.15) is 13.2 Å². The van der Waals surface area contributed by atoms with Crippen LogP contribution in [0.3, 0.4) is 0 Å². The number of fused-ring (bicyclic) bond motifs is 3. The number of rotatable bonds is 2. The molecular weight excluding hydrogens is 342 g/mol. The molecule has 1 unspecified atom stereocenters. The molecule has 0 amide bonds. The maximum Gasteiger partial charge on any atom is 0.416 e. The van der Waals surface area contributed by atoms with Gasteiger partial charge in [-0.1, -0.05) is 18.2 Å². The number of benzene rings is 2. The smallest absolute Gasteiger partial charge is 0.302 e. The molecule has 1 saturated heterocycles. The fourth-order valence-corrected chi connectivity index (χ4v) is 4.79. The Morgan fingerprint density at radius 2 is 1.92 bits per heavy atom. The molecular formula is C21H21F4N. The van der Waals surface area contributed by atoms with Crippen molar-refractivity contribution >= 4 is 0 Å². The Balaban J connectivity index is 1.60. The fourth-order valence-electron chi connectivity index (χ4n) is 4.79. The van der Waals surface area contributed by atoms with Crippen LogP contribution in [0.2, 0.25) is 0 Å². The van der Waals surface area contributed by atoms with Crippen LogP contribution in [0, 0.1) is 11.7 Å². The summed E-state index contributed by atoms with van der Waals surface area (Å²) in [7, 11) is 2.06. The third kappa shape index (κ3) is 3.13. The summed E-state index contributed by atoms with van der Waals surface area (Å²) < 4.78 is 52.5. The fraction of sp³-hybridized carbons (Fsp3) is 0.429. The highest BCUT2D eigenvalue weighted by molar-refractivity contribution is 5.39. The SMILES string of the molecule is CN1C[C@@H]2c3ccc(C(F)(F)F)cc3CCC2[C@H]1Cc1cccc(F)c1. The monoisotopic (exact) mass is 363 g/mol. The van der Waals surface area contributed by atoms with E-state index in [1.54, 1.807) is 18.2 Å². The normalized spacial score (nSPS) is 25.8. The molecule has 1 aliphatic heterocycles. The number of halogens is 4. The summed E-state index contributed by atoms with van der Waals surface area (Å²) in [6, 6.07) is 11.2. The molecule has 0 radical (unpaired) electrons. The molecule has 1 aliphatic carbocycles. The molecule has 2 aromatic rings. The first-order chi connectivity index (χ1) is 12.3. The Morgan fingerprint density at radius 1 is 1.12 bits per heavy atom. The van der Waals surface area contributed by atoms with Gasteiger partial charge in [0.1, 0.15) is 5.82 Å². The lowest BCUT2D eigenvalue weighted by atomic mass is 9.73. The Labute approximate surface area is 150 Å². The number of aryl methyl sites for hydroxylation is 1. The van der Waals surface area contributed by atoms with Gasteiger partial charge in [0.25, 0.3) is 0 Å². The highest BCUT2D eigenvalue weighted by Crippen LogP contribution is 2.46. The Hall–Kier alpha value is -1.88. The van der Waals surface area contributed by atoms with Crippen LogP contribution in [0.25, 0.3) is 0 Å². The number of alkyl halides is 3. The van der Waals surface area contributed by atoms with Crippen LogP contribution < -0.4 is 0 Å². The van der Waals surface area contributed by atoms with E-state index < -0.39 is 11.7 Å². The number of likely N-dealkylation sites (tertiary alicyclic amines) is 1. The molecule has 4 rings (SSSR count). The molecule has 26 heavy (non-hydrogen) atoms. The molecule has 1 fully saturated rings. The minimum atomic E-state index is -4.29. The van der Waals surface area contributed by atoms with E-state index >= 15 is 0 Å². The van der Waals surface area contributed by atoms with Crippen molar-refractivity contribution in [2.75, 3.05) is 13.6 Å². The molecule has 0 spiro atoms. The summed E-state index contributed by atoms with van der Waals surface area (Å²) in [6.07, 6.45) is -1.97. The third-order valence-electron chi connectivity index (χ3n) is 6.01. The Kier molecular flexibility index (Phi) is 4.30. The summed E-state index contributed by atoms with van der Waals surface area (Å²) >= 11 is 0. The second-order valence-corrected chi connectivity index (χ2v) is 7.56. The van der Waals surface area contributed by atoms with E-state index in [2.05, 4.69) is 11.9 Å². The highest BCUT2D eigenvalue weighted by atomic mass is 19.4. The van der Waals surface area contributed by atoms with Crippen LogP contribution in [-0.4, -0.2) is 24.5 Å². The summed E-state index contributed by atoms with van der Waals surface area (Å²) in [5.41, 5.74) is 2.31. The van der Waals surface area contributed by atoms with Gasteiger partial charge in [0.2, 0.25) is 0 Å². The van der Waals surface area contributed by atoms with Crippen molar-refractivity contribution in [2.24, 2.45) is 5.92 Å². The van der Waals surface area contributed by atoms with E-state index in [0.717, 1.165) is 36.1 Å². The predicted octanol–water partition coefficient (Wildman–Crippen LogP) is 5.05. The zero-order chi connectivity index (χ0) is 18.5. The van der Waals surface area contributed by atoms with Crippen molar-refractivity contribution in [3.05, 3.63) is 70.5 Å². The molecule has 3 atom stereocenters. The number of hydrogen-bond donors (Lipinski definition) is 0. The molecule has 5 heteroatoms. The Morgan fingerprint density at radius 3 is 2.65 bits per heavy atom. The van der Waals surface area contributed by atoms with Gasteiger partial charge in [-0.15, -0.1) is 0 Å². The van der Waals surface area contributed by atoms with Gasteiger partial charge < -0.3 is 4.90 Å². The van der Waals surface area contributed by atoms with E-state index in [9.17, 15) is 17.6 Å². The first-order valence-corrected chi connectivity index (χ1v) is 8.97. The first kappa shape index (κ1) is 17.5. The van der Waals surface area contributed by atoms with Gasteiger partial charge in [-0.25, -0.2) is 4.39 Å². The van der Waals surface area contributed by atoms with Crippen molar-refractivity contribution in [2.45, 2.75) is 37.4 Å². The molecule has 2 aliphatic rings. The van der Waals surface area contributed by atoms with Gasteiger partial charge in [-0.3, -0.25) is 0 Å². The molecule has 0 saturated carbocycles. The first-order valence-electron chi connectivity index (χ1n) is 8.97. The predicted molar refractivity (Wildman–Crippen MR) is 92.5 cm³/mol. The molecule has 2 aromatic carbocycles. The highest BCUT2D eigenvalue weighted by Gasteiger charge is 2.43. The zero-order valence-electron chi connectivity index (χ0n) is 14.6. The standard InChI is InChI=1S/C21H21F4N/c1-26-12-19-17-8-6-15(21(23,24)25)11-14(17)5-7-18(19)20(26)10-13-3-2-4-16(22)9-13/h2-4,6,8-9,11,18-20H,5,7,10,12H2,1H3/t18?,19-,20-/m1/s1. The topological polar surface area (TPSA) is 3.24 Å². The van der Waals surface area contributed by atoms with Crippen LogP contribution in [0.15, 0.2) is 42.5 Å². The summed E-state index contributed by atoms with van der Waals surface area (Å²) in [5.74, 6) is 0.422. The van der Waals surface area contributed by atoms with Crippen LogP contribution in [0.5, 0.6) is 0 Å². The molecule has 1 heterocycles. The minimum Gasteiger partial charge on any atom is -0.302 e. The van der Waals surface area contributed by atoms with Crippen molar-refractivity contribution in [3.8, 4) is 0 Å². The largest absolute Gasteiger partial charge is 0.416 e. The van der Waals surface area contributed by atoms with Crippen molar-refractivity contribution in [3.63, 3.8) is 0 Å². The average molecular weight is 363 g/mol. The third-order valence-corrected chi connectivity index (χ3v) is 6.01. The van der Waals surface area contributed by atoms with E-state index in [0.29, 0.717) is 12.3 Å². The van der Waals surface area contributed by atoms with E-state index in [-0.39, 0.29) is 17.8 Å². The lowest BCUT2D eigenvalue weighted by molar-refractivity contribution is -0.137. The number of nitrogens with zero attached hydrogens (tertiary/aromatic N) is 1. The zero-order valence-corrected chi connectivity index (χ0v) is 14.6. The van der Waals surface area contributed by atoms with E-state index in [4.69, 9.17) is 0 Å². The summed E-state index contributed by atoms with van der Waals surface area (Å²) in [6.45, 7) is 0.836. The number of hydrogen-bond acceptors (Lipinski definition) is 1. The van der Waals surface area contributed by atoms with Crippen molar-refractivity contribution < 1.29 is 17.6 Å². The summed E-state index contributed by atoms with van der Waals surface area (Å²) in [4.78, 5) is 2.28. The molecule has 0 N–H and O–H groups in total. The van der Waals surface area contributed by atoms with Crippen molar-refractivity contribution in [1.29, 1.82) is 0 Å². The van der Waals surface area contributed by atoms with Crippen LogP contribution in [0.4, 0.5) is 17.6 Å². The van der Waals surface area contributed by atoms with E-state index in [1.807, 2.05) is 6.07 Å². The number of likely N-dealkylation sites (N-methyl/N-ethyl adjacent to an activating group) is 1. The van der Waals surface area contributed by atoms with Crippen LogP contribution >= 0.6 is 0 Å². The lowest BCUT2D eigenvalue weighted by Crippen LogP contribution is -2.32. The van der Waals surface area contributed by atoms with Gasteiger partial charge in [0.05, 0.1) is 5.56 Å². The van der Waals surface area contributed by atoms with Crippen LogP contribution in [0.1, 0.15) is 34.6 Å². The molecule has 1 nitrogen and oxygen atoms in total. The molecule has 0 aromatic heterocycles. The van der Waals surface area contributed by atoms with Gasteiger partial charge in [-0.05, 0) is 73.2 Å². The van der Waals surface area contributed by atoms with Crippen LogP contribution in [-0.2, 0) is 19.0 Å².